The Balaban J connectivity index is 2.19. The van der Waals surface area contributed by atoms with Gasteiger partial charge in [0.05, 0.1) is 12.7 Å². The van der Waals surface area contributed by atoms with Crippen molar-refractivity contribution in [3.8, 4) is 5.75 Å². The first kappa shape index (κ1) is 17.3. The Morgan fingerprint density at radius 3 is 2.44 bits per heavy atom. The van der Waals surface area contributed by atoms with E-state index in [1.165, 1.54) is 0 Å². The van der Waals surface area contributed by atoms with Crippen molar-refractivity contribution in [3.05, 3.63) is 83.1 Å². The van der Waals surface area contributed by atoms with Crippen LogP contribution in [0.25, 0.3) is 10.8 Å². The van der Waals surface area contributed by atoms with Gasteiger partial charge in [0, 0.05) is 17.9 Å². The lowest BCUT2D eigenvalue weighted by molar-refractivity contribution is -0.456. The summed E-state index contributed by atoms with van der Waals surface area (Å²) in [6.07, 6.45) is 0.634. The largest absolute Gasteiger partial charge is 0.623 e. The Labute approximate surface area is 152 Å². The monoisotopic (exact) mass is 353 g/mol. The smallest absolute Gasteiger partial charge is 0.226 e. The van der Waals surface area contributed by atoms with E-state index in [9.17, 15) is 5.21 Å². The fourth-order valence-corrected chi connectivity index (χ4v) is 3.05. The first-order valence-corrected chi connectivity index (χ1v) is 8.78. The molecule has 0 saturated carbocycles. The molecule has 0 spiro atoms. The summed E-state index contributed by atoms with van der Waals surface area (Å²) in [4.78, 5) is 0. The number of hydrogen-bond donors (Lipinski definition) is 0. The molecule has 0 aliphatic carbocycles. The minimum Gasteiger partial charge on any atom is -0.623 e. The molecule has 0 unspecified atom stereocenters. The molecule has 0 bridgehead atoms. The number of hydrogen-bond acceptors (Lipinski definition) is 2. The van der Waals surface area contributed by atoms with Crippen molar-refractivity contribution in [2.45, 2.75) is 6.42 Å². The molecule has 0 N–H and O–H groups in total. The van der Waals surface area contributed by atoms with Gasteiger partial charge in [-0.25, -0.2) is 4.74 Å². The van der Waals surface area contributed by atoms with E-state index < -0.39 is 0 Å². The van der Waals surface area contributed by atoms with Gasteiger partial charge in [0.25, 0.3) is 0 Å². The Morgan fingerprint density at radius 2 is 1.72 bits per heavy atom. The SMILES string of the molecule is COc1ccc(/C(c2cccc3ccccc23)=[N+](/[O-])CCCCl)cc1. The van der Waals surface area contributed by atoms with Gasteiger partial charge >= 0.3 is 0 Å². The van der Waals surface area contributed by atoms with Crippen LogP contribution in [0.2, 0.25) is 0 Å². The zero-order valence-corrected chi connectivity index (χ0v) is 14.9. The van der Waals surface area contributed by atoms with Gasteiger partial charge in [-0.05, 0) is 41.1 Å². The highest BCUT2D eigenvalue weighted by Crippen LogP contribution is 2.23. The molecule has 3 aromatic rings. The number of benzene rings is 3. The van der Waals surface area contributed by atoms with Crippen molar-refractivity contribution < 1.29 is 9.48 Å². The standard InChI is InChI=1S/C21H20ClNO2/c1-25-18-12-10-17(11-13-18)21(23(24)15-5-14-22)20-9-4-7-16-6-2-3-8-19(16)20/h2-4,6-13H,5,14-15H2,1H3/b23-21-. The van der Waals surface area contributed by atoms with Crippen LogP contribution in [0.15, 0.2) is 66.7 Å². The minimum atomic E-state index is 0.355. The van der Waals surface area contributed by atoms with E-state index >= 15 is 0 Å². The summed E-state index contributed by atoms with van der Waals surface area (Å²) in [7, 11) is 1.63. The van der Waals surface area contributed by atoms with Crippen LogP contribution in [0.3, 0.4) is 0 Å². The molecule has 0 radical (unpaired) electrons. The van der Waals surface area contributed by atoms with E-state index in [2.05, 4.69) is 12.1 Å². The van der Waals surface area contributed by atoms with Gasteiger partial charge in [-0.1, -0.05) is 36.4 Å². The fraction of sp³-hybridized carbons (Fsp3) is 0.190. The molecular formula is C21H20ClNO2. The minimum absolute atomic E-state index is 0.355. The lowest BCUT2D eigenvalue weighted by Crippen LogP contribution is -2.20. The summed E-state index contributed by atoms with van der Waals surface area (Å²) < 4.78 is 6.28. The maximum atomic E-state index is 12.9. The van der Waals surface area contributed by atoms with Crippen LogP contribution >= 0.6 is 11.6 Å². The van der Waals surface area contributed by atoms with Crippen LogP contribution in [0.4, 0.5) is 0 Å². The van der Waals surface area contributed by atoms with Crippen LogP contribution in [0, 0.1) is 5.21 Å². The molecule has 25 heavy (non-hydrogen) atoms. The average Bonchev–Trinajstić information content (AvgIpc) is 2.67. The number of nitrogens with zero attached hydrogens (tertiary/aromatic N) is 1. The van der Waals surface area contributed by atoms with E-state index in [4.69, 9.17) is 16.3 Å². The quantitative estimate of drug-likeness (QED) is 0.209. The van der Waals surface area contributed by atoms with Gasteiger partial charge in [-0.3, -0.25) is 0 Å². The van der Waals surface area contributed by atoms with Crippen molar-refractivity contribution in [2.24, 2.45) is 0 Å². The predicted molar refractivity (Wildman–Crippen MR) is 104 cm³/mol. The van der Waals surface area contributed by atoms with Crippen LogP contribution in [0.5, 0.6) is 5.75 Å². The van der Waals surface area contributed by atoms with Gasteiger partial charge < -0.3 is 9.94 Å². The summed E-state index contributed by atoms with van der Waals surface area (Å²) in [5.74, 6) is 1.23. The highest BCUT2D eigenvalue weighted by atomic mass is 35.5. The molecule has 0 aliphatic rings. The number of hydroxylamine groups is 1. The summed E-state index contributed by atoms with van der Waals surface area (Å²) >= 11 is 5.79. The molecule has 3 rings (SSSR count). The second kappa shape index (κ2) is 8.04. The first-order chi connectivity index (χ1) is 12.2. The molecule has 128 valence electrons. The molecule has 3 nitrogen and oxygen atoms in total. The van der Waals surface area contributed by atoms with Crippen LogP contribution < -0.4 is 4.74 Å². The van der Waals surface area contributed by atoms with Gasteiger partial charge in [-0.2, -0.15) is 0 Å². The van der Waals surface area contributed by atoms with Gasteiger partial charge in [0.2, 0.25) is 5.71 Å². The van der Waals surface area contributed by atoms with Crippen molar-refractivity contribution >= 4 is 28.1 Å². The van der Waals surface area contributed by atoms with Gasteiger partial charge in [-0.15, -0.1) is 11.6 Å². The number of rotatable bonds is 6. The topological polar surface area (TPSA) is 35.3 Å². The second-order valence-corrected chi connectivity index (χ2v) is 6.13. The van der Waals surface area contributed by atoms with E-state index in [1.807, 2.05) is 54.6 Å². The lowest BCUT2D eigenvalue weighted by atomic mass is 9.96. The molecule has 0 amide bonds. The van der Waals surface area contributed by atoms with Crippen molar-refractivity contribution in [2.75, 3.05) is 19.5 Å². The average molecular weight is 354 g/mol. The summed E-state index contributed by atoms with van der Waals surface area (Å²) in [5, 5.41) is 15.1. The predicted octanol–water partition coefficient (Wildman–Crippen LogP) is 4.83. The maximum absolute atomic E-state index is 12.9. The molecule has 3 aromatic carbocycles. The normalized spacial score (nSPS) is 12.1. The third kappa shape index (κ3) is 3.77. The summed E-state index contributed by atoms with van der Waals surface area (Å²) in [5.41, 5.74) is 2.44. The molecular weight excluding hydrogens is 334 g/mol. The highest BCUT2D eigenvalue weighted by molar-refractivity contribution is 6.18. The molecule has 4 heteroatoms. The Hall–Kier alpha value is -2.52. The number of methoxy groups -OCH3 is 1. The first-order valence-electron chi connectivity index (χ1n) is 8.24. The summed E-state index contributed by atoms with van der Waals surface area (Å²) in [6, 6.07) is 21.7. The van der Waals surface area contributed by atoms with Crippen LogP contribution in [-0.2, 0) is 0 Å². The molecule has 0 atom stereocenters. The lowest BCUT2D eigenvalue weighted by Gasteiger charge is -2.14. The molecule has 0 heterocycles. The Kier molecular flexibility index (Phi) is 5.56. The number of ether oxygens (including phenoxy) is 1. The Morgan fingerprint density at radius 1 is 1.00 bits per heavy atom. The maximum Gasteiger partial charge on any atom is 0.226 e. The van der Waals surface area contributed by atoms with Crippen LogP contribution in [0.1, 0.15) is 17.5 Å². The molecule has 0 fully saturated rings. The third-order valence-electron chi connectivity index (χ3n) is 4.15. The van der Waals surface area contributed by atoms with Crippen molar-refractivity contribution in [1.82, 2.24) is 0 Å². The highest BCUT2D eigenvalue weighted by Gasteiger charge is 2.18. The fourth-order valence-electron chi connectivity index (χ4n) is 2.93. The number of fused-ring (bicyclic) bond motifs is 1. The Bertz CT molecular complexity index is 883. The van der Waals surface area contributed by atoms with Crippen LogP contribution in [-0.4, -0.2) is 30.0 Å². The molecule has 0 saturated heterocycles. The van der Waals surface area contributed by atoms with Crippen molar-refractivity contribution in [3.63, 3.8) is 0 Å². The van der Waals surface area contributed by atoms with Crippen molar-refractivity contribution in [1.29, 1.82) is 0 Å². The number of alkyl halides is 1. The zero-order chi connectivity index (χ0) is 17.6. The van der Waals surface area contributed by atoms with E-state index in [0.29, 0.717) is 24.6 Å². The van der Waals surface area contributed by atoms with E-state index in [-0.39, 0.29) is 0 Å². The van der Waals surface area contributed by atoms with Gasteiger partial charge in [0.1, 0.15) is 5.75 Å². The molecule has 0 aromatic heterocycles. The second-order valence-electron chi connectivity index (χ2n) is 5.75. The van der Waals surface area contributed by atoms with Gasteiger partial charge in [0.15, 0.2) is 6.54 Å². The number of halogens is 1. The van der Waals surface area contributed by atoms with E-state index in [1.54, 1.807) is 7.11 Å². The summed E-state index contributed by atoms with van der Waals surface area (Å²) in [6.45, 7) is 0.355. The third-order valence-corrected chi connectivity index (χ3v) is 4.42. The van der Waals surface area contributed by atoms with E-state index in [0.717, 1.165) is 32.4 Å². The zero-order valence-electron chi connectivity index (χ0n) is 14.1. The molecule has 0 aliphatic heterocycles.